The maximum Gasteiger partial charge on any atom is 0.270 e. The Morgan fingerprint density at radius 1 is 1.24 bits per heavy atom. The molecule has 2 heterocycles. The number of nitrogens with zero attached hydrogens (tertiary/aromatic N) is 2. The zero-order chi connectivity index (χ0) is 23.5. The van der Waals surface area contributed by atoms with E-state index in [1.54, 1.807) is 18.2 Å². The van der Waals surface area contributed by atoms with E-state index in [1.165, 1.54) is 35.6 Å². The Morgan fingerprint density at radius 2 is 2.03 bits per heavy atom. The number of fused-ring (bicyclic) bond motifs is 1. The Labute approximate surface area is 192 Å². The number of anilines is 1. The molecule has 1 aliphatic carbocycles. The first-order chi connectivity index (χ1) is 15.9. The number of rotatable bonds is 6. The Kier molecular flexibility index (Phi) is 6.06. The van der Waals surface area contributed by atoms with Crippen molar-refractivity contribution in [3.05, 3.63) is 73.8 Å². The Hall–Kier alpha value is -4.23. The highest BCUT2D eigenvalue weighted by atomic mass is 32.1. The molecular weight excluding hydrogens is 444 g/mol. The number of aryl methyl sites for hydroxylation is 1. The molecular formula is C23H18N4O5S. The van der Waals surface area contributed by atoms with Crippen LogP contribution in [0.2, 0.25) is 0 Å². The number of carbonyl (C=O) groups is 2. The van der Waals surface area contributed by atoms with Crippen LogP contribution >= 0.6 is 11.3 Å². The minimum atomic E-state index is -0.688. The molecule has 0 saturated carbocycles. The molecule has 0 saturated heterocycles. The van der Waals surface area contributed by atoms with Crippen molar-refractivity contribution >= 4 is 39.9 Å². The highest BCUT2D eigenvalue weighted by Crippen LogP contribution is 2.38. The number of thiophene rings is 1. The van der Waals surface area contributed by atoms with Crippen LogP contribution in [-0.4, -0.2) is 16.7 Å². The molecule has 3 aromatic rings. The third-order valence-corrected chi connectivity index (χ3v) is 6.47. The summed E-state index contributed by atoms with van der Waals surface area (Å²) in [5, 5.41) is 23.5. The summed E-state index contributed by atoms with van der Waals surface area (Å²) < 4.78 is 5.66. The predicted molar refractivity (Wildman–Crippen MR) is 122 cm³/mol. The van der Waals surface area contributed by atoms with Gasteiger partial charge in [-0.3, -0.25) is 19.7 Å². The smallest absolute Gasteiger partial charge is 0.270 e. The molecule has 0 radical (unpaired) electrons. The van der Waals surface area contributed by atoms with Crippen LogP contribution in [0.1, 0.15) is 39.4 Å². The van der Waals surface area contributed by atoms with Crippen LogP contribution in [-0.2, 0) is 17.6 Å². The number of nitro groups is 1. The van der Waals surface area contributed by atoms with Crippen molar-refractivity contribution in [1.29, 1.82) is 5.26 Å². The quantitative estimate of drug-likeness (QED) is 0.239. The number of nitriles is 1. The van der Waals surface area contributed by atoms with Gasteiger partial charge in [-0.05, 0) is 43.4 Å². The molecule has 0 atom stereocenters. The van der Waals surface area contributed by atoms with E-state index in [1.807, 2.05) is 6.07 Å². The van der Waals surface area contributed by atoms with Gasteiger partial charge in [-0.2, -0.15) is 5.26 Å². The molecule has 1 aliphatic rings. The second-order valence-corrected chi connectivity index (χ2v) is 8.52. The van der Waals surface area contributed by atoms with Gasteiger partial charge in [0.1, 0.15) is 28.2 Å². The lowest BCUT2D eigenvalue weighted by Gasteiger charge is -2.11. The van der Waals surface area contributed by atoms with Gasteiger partial charge < -0.3 is 15.5 Å². The molecule has 0 spiro atoms. The largest absolute Gasteiger partial charge is 0.457 e. The van der Waals surface area contributed by atoms with E-state index >= 15 is 0 Å². The summed E-state index contributed by atoms with van der Waals surface area (Å²) in [5.41, 5.74) is 6.93. The van der Waals surface area contributed by atoms with Gasteiger partial charge in [0, 0.05) is 28.6 Å². The van der Waals surface area contributed by atoms with Gasteiger partial charge >= 0.3 is 0 Å². The number of amides is 2. The molecule has 0 fully saturated rings. The number of nitro benzene ring substituents is 1. The van der Waals surface area contributed by atoms with E-state index in [0.29, 0.717) is 21.9 Å². The first kappa shape index (κ1) is 22.0. The van der Waals surface area contributed by atoms with Crippen LogP contribution in [0.3, 0.4) is 0 Å². The first-order valence-corrected chi connectivity index (χ1v) is 10.9. The third kappa shape index (κ3) is 4.53. The molecule has 33 heavy (non-hydrogen) atoms. The molecule has 0 aliphatic heterocycles. The van der Waals surface area contributed by atoms with Crippen molar-refractivity contribution in [2.45, 2.75) is 25.7 Å². The van der Waals surface area contributed by atoms with Gasteiger partial charge in [0.25, 0.3) is 17.5 Å². The number of carbonyl (C=O) groups excluding carboxylic acids is 2. The fourth-order valence-corrected chi connectivity index (χ4v) is 5.02. The predicted octanol–water partition coefficient (Wildman–Crippen LogP) is 4.44. The minimum absolute atomic E-state index is 0.0815. The van der Waals surface area contributed by atoms with Gasteiger partial charge in [0.05, 0.1) is 10.5 Å². The molecule has 166 valence electrons. The SMILES string of the molecule is N#CC(=Cc1ccc(-c2cccc([N+](=O)[O-])c2)o1)C(=O)Nc1sc2c(c1C(N)=O)CCCC2. The lowest BCUT2D eigenvalue weighted by molar-refractivity contribution is -0.384. The lowest BCUT2D eigenvalue weighted by Crippen LogP contribution is -2.19. The summed E-state index contributed by atoms with van der Waals surface area (Å²) >= 11 is 1.31. The second-order valence-electron chi connectivity index (χ2n) is 7.41. The fraction of sp³-hybridized carbons (Fsp3) is 0.174. The molecule has 10 heteroatoms. The van der Waals surface area contributed by atoms with Crippen LogP contribution in [0.25, 0.3) is 17.4 Å². The third-order valence-electron chi connectivity index (χ3n) is 5.26. The zero-order valence-corrected chi connectivity index (χ0v) is 18.1. The van der Waals surface area contributed by atoms with Crippen LogP contribution in [0.4, 0.5) is 10.7 Å². The number of benzene rings is 1. The van der Waals surface area contributed by atoms with Crippen molar-refractivity contribution in [1.82, 2.24) is 0 Å². The molecule has 2 aromatic heterocycles. The van der Waals surface area contributed by atoms with Gasteiger partial charge in [0.2, 0.25) is 0 Å². The van der Waals surface area contributed by atoms with Gasteiger partial charge in [-0.15, -0.1) is 11.3 Å². The Bertz CT molecular complexity index is 1350. The first-order valence-electron chi connectivity index (χ1n) is 10.1. The van der Waals surface area contributed by atoms with Gasteiger partial charge in [-0.1, -0.05) is 12.1 Å². The van der Waals surface area contributed by atoms with Crippen LogP contribution < -0.4 is 11.1 Å². The van der Waals surface area contributed by atoms with Crippen LogP contribution in [0, 0.1) is 21.4 Å². The molecule has 2 amide bonds. The summed E-state index contributed by atoms with van der Waals surface area (Å²) in [6.45, 7) is 0. The lowest BCUT2D eigenvalue weighted by atomic mass is 9.95. The number of furan rings is 1. The highest BCUT2D eigenvalue weighted by Gasteiger charge is 2.25. The van der Waals surface area contributed by atoms with Crippen molar-refractivity contribution in [3.8, 4) is 17.4 Å². The highest BCUT2D eigenvalue weighted by molar-refractivity contribution is 7.17. The number of nitrogens with one attached hydrogen (secondary N) is 1. The van der Waals surface area contributed by atoms with Crippen LogP contribution in [0.5, 0.6) is 0 Å². The summed E-state index contributed by atoms with van der Waals surface area (Å²) in [5.74, 6) is -0.722. The number of primary amides is 1. The van der Waals surface area contributed by atoms with E-state index in [2.05, 4.69) is 5.32 Å². The monoisotopic (exact) mass is 462 g/mol. The molecule has 3 N–H and O–H groups in total. The summed E-state index contributed by atoms with van der Waals surface area (Å²) in [7, 11) is 0. The van der Waals surface area contributed by atoms with Crippen molar-refractivity contribution in [2.24, 2.45) is 5.73 Å². The van der Waals surface area contributed by atoms with Crippen LogP contribution in [0.15, 0.2) is 46.4 Å². The van der Waals surface area contributed by atoms with E-state index in [0.717, 1.165) is 36.1 Å². The number of non-ortho nitro benzene ring substituents is 1. The molecule has 9 nitrogen and oxygen atoms in total. The summed E-state index contributed by atoms with van der Waals surface area (Å²) in [6.07, 6.45) is 4.78. The molecule has 0 unspecified atom stereocenters. The maximum absolute atomic E-state index is 12.8. The van der Waals surface area contributed by atoms with Gasteiger partial charge in [-0.25, -0.2) is 0 Å². The summed E-state index contributed by atoms with van der Waals surface area (Å²) in [4.78, 5) is 36.3. The normalized spacial score (nSPS) is 13.1. The van der Waals surface area contributed by atoms with Crippen molar-refractivity contribution in [2.75, 3.05) is 5.32 Å². The number of hydrogen-bond acceptors (Lipinski definition) is 7. The average Bonchev–Trinajstić information content (AvgIpc) is 3.41. The molecule has 0 bridgehead atoms. The van der Waals surface area contributed by atoms with Crippen molar-refractivity contribution < 1.29 is 18.9 Å². The van der Waals surface area contributed by atoms with Crippen molar-refractivity contribution in [3.63, 3.8) is 0 Å². The maximum atomic E-state index is 12.8. The van der Waals surface area contributed by atoms with E-state index in [9.17, 15) is 25.0 Å². The fourth-order valence-electron chi connectivity index (χ4n) is 3.73. The number of nitrogens with two attached hydrogens (primary N) is 1. The number of hydrogen-bond donors (Lipinski definition) is 2. The zero-order valence-electron chi connectivity index (χ0n) is 17.3. The van der Waals surface area contributed by atoms with Gasteiger partial charge in [0.15, 0.2) is 0 Å². The Balaban J connectivity index is 1.58. The molecule has 1 aromatic carbocycles. The standard InChI is InChI=1S/C23H18N4O5S/c24-12-14(11-16-8-9-18(32-16)13-4-3-5-15(10-13)27(30)31)22(29)26-23-20(21(25)28)17-6-1-2-7-19(17)33-23/h3-5,8-11H,1-2,6-7H2,(H2,25,28)(H,26,29). The second kappa shape index (κ2) is 9.10. The minimum Gasteiger partial charge on any atom is -0.457 e. The Morgan fingerprint density at radius 3 is 2.76 bits per heavy atom. The molecule has 4 rings (SSSR count). The average molecular weight is 462 g/mol. The topological polar surface area (TPSA) is 152 Å². The van der Waals surface area contributed by atoms with E-state index in [4.69, 9.17) is 10.2 Å². The van der Waals surface area contributed by atoms with E-state index in [-0.39, 0.29) is 17.0 Å². The summed E-state index contributed by atoms with van der Waals surface area (Å²) in [6, 6.07) is 10.9. The van der Waals surface area contributed by atoms with E-state index < -0.39 is 16.7 Å².